The van der Waals surface area contributed by atoms with E-state index in [2.05, 4.69) is 15.4 Å². The van der Waals surface area contributed by atoms with Gasteiger partial charge in [0, 0.05) is 18.4 Å². The lowest BCUT2D eigenvalue weighted by atomic mass is 9.85. The SMILES string of the molecule is CC[C@@H]1[C@@H]2CN(C(=O)[C@H](C(C)(C)C)NC(=O)O[C@@H]3CC3CCCCCc3nc4ccc(OC)cc4nc3O2)[C@@H]1C(=O)N[C@]1(C(=O)NS(=O)(=O)C2(C)CC2)C[C@H]1CC(F)F. The molecular formula is C41H56F2N6O9S. The average Bonchev–Trinajstić information content (AvgIpc) is 4.12. The predicted molar refractivity (Wildman–Crippen MR) is 211 cm³/mol. The van der Waals surface area contributed by atoms with E-state index in [0.717, 1.165) is 32.1 Å². The van der Waals surface area contributed by atoms with E-state index in [1.165, 1.54) is 11.8 Å². The Bertz CT molecular complexity index is 2100. The molecule has 8 atom stereocenters. The summed E-state index contributed by atoms with van der Waals surface area (Å²) in [7, 11) is -2.65. The van der Waals surface area contributed by atoms with E-state index in [0.29, 0.717) is 41.7 Å². The number of carbonyl (C=O) groups excluding carboxylic acids is 4. The van der Waals surface area contributed by atoms with Gasteiger partial charge in [-0.2, -0.15) is 0 Å². The largest absolute Gasteiger partial charge is 0.497 e. The fourth-order valence-electron chi connectivity index (χ4n) is 8.67. The molecule has 59 heavy (non-hydrogen) atoms. The van der Waals surface area contributed by atoms with Gasteiger partial charge < -0.3 is 29.7 Å². The lowest BCUT2D eigenvalue weighted by molar-refractivity contribution is -0.143. The van der Waals surface area contributed by atoms with Gasteiger partial charge in [0.15, 0.2) is 0 Å². The summed E-state index contributed by atoms with van der Waals surface area (Å²) in [6.07, 6.45) is -0.0775. The van der Waals surface area contributed by atoms with Crippen LogP contribution in [0.15, 0.2) is 18.2 Å². The average molecular weight is 847 g/mol. The van der Waals surface area contributed by atoms with Crippen LogP contribution in [0, 0.1) is 23.2 Å². The first-order valence-electron chi connectivity index (χ1n) is 20.7. The van der Waals surface area contributed by atoms with Gasteiger partial charge >= 0.3 is 6.09 Å². The van der Waals surface area contributed by atoms with Crippen molar-refractivity contribution in [3.05, 3.63) is 23.9 Å². The molecule has 3 N–H and O–H groups in total. The minimum absolute atomic E-state index is 0.146. The van der Waals surface area contributed by atoms with Crippen LogP contribution in [0.3, 0.4) is 0 Å². The molecule has 1 aromatic heterocycles. The van der Waals surface area contributed by atoms with Crippen LogP contribution in [0.4, 0.5) is 13.6 Å². The Labute approximate surface area is 343 Å². The number of halogens is 2. The first-order valence-corrected chi connectivity index (χ1v) is 22.2. The molecule has 4 amide bonds. The van der Waals surface area contributed by atoms with Gasteiger partial charge in [0.25, 0.3) is 5.91 Å². The van der Waals surface area contributed by atoms with Crippen molar-refractivity contribution in [1.29, 1.82) is 0 Å². The third-order valence-corrected chi connectivity index (χ3v) is 15.1. The van der Waals surface area contributed by atoms with Crippen LogP contribution >= 0.6 is 0 Å². The molecule has 1 unspecified atom stereocenters. The second-order valence-electron chi connectivity index (χ2n) is 18.3. The van der Waals surface area contributed by atoms with Crippen LogP contribution in [0.2, 0.25) is 0 Å². The Hall–Kier alpha value is -4.35. The van der Waals surface area contributed by atoms with E-state index in [4.69, 9.17) is 24.2 Å². The molecule has 3 heterocycles. The van der Waals surface area contributed by atoms with E-state index in [-0.39, 0.29) is 37.3 Å². The summed E-state index contributed by atoms with van der Waals surface area (Å²) >= 11 is 0. The summed E-state index contributed by atoms with van der Waals surface area (Å²) < 4.78 is 72.8. The normalized spacial score (nSPS) is 30.7. The van der Waals surface area contributed by atoms with Gasteiger partial charge in [-0.1, -0.05) is 40.5 Å². The lowest BCUT2D eigenvalue weighted by Crippen LogP contribution is -2.61. The molecule has 15 nitrogen and oxygen atoms in total. The van der Waals surface area contributed by atoms with Crippen molar-refractivity contribution in [3.63, 3.8) is 0 Å². The molecule has 5 aliphatic rings. The van der Waals surface area contributed by atoms with Crippen LogP contribution in [-0.2, 0) is 35.6 Å². The first-order chi connectivity index (χ1) is 27.8. The molecule has 2 aromatic rings. The number of hydrogen-bond donors (Lipinski definition) is 3. The Morgan fingerprint density at radius 3 is 2.49 bits per heavy atom. The highest BCUT2D eigenvalue weighted by molar-refractivity contribution is 7.91. The molecule has 2 aliphatic heterocycles. The Balaban J connectivity index is 1.27. The second kappa shape index (κ2) is 15.9. The number of carbonyl (C=O) groups is 4. The van der Waals surface area contributed by atoms with E-state index >= 15 is 0 Å². The molecule has 3 aliphatic carbocycles. The minimum Gasteiger partial charge on any atom is -0.497 e. The van der Waals surface area contributed by atoms with Crippen LogP contribution < -0.4 is 24.8 Å². The molecule has 0 spiro atoms. The van der Waals surface area contributed by atoms with Gasteiger partial charge in [0.1, 0.15) is 41.3 Å². The molecule has 2 bridgehead atoms. The number of fused-ring (bicyclic) bond motifs is 5. The number of nitrogens with one attached hydrogen (secondary N) is 3. The van der Waals surface area contributed by atoms with Gasteiger partial charge in [0.2, 0.25) is 34.1 Å². The van der Waals surface area contributed by atoms with Crippen molar-refractivity contribution in [2.75, 3.05) is 13.7 Å². The van der Waals surface area contributed by atoms with Crippen molar-refractivity contribution >= 4 is 44.9 Å². The highest BCUT2D eigenvalue weighted by atomic mass is 32.2. The van der Waals surface area contributed by atoms with E-state index in [1.807, 2.05) is 13.0 Å². The molecule has 4 fully saturated rings. The first kappa shape index (κ1) is 42.8. The van der Waals surface area contributed by atoms with E-state index < -0.39 is 92.4 Å². The molecule has 0 radical (unpaired) electrons. The molecule has 1 saturated heterocycles. The summed E-state index contributed by atoms with van der Waals surface area (Å²) in [4.78, 5) is 68.0. The second-order valence-corrected chi connectivity index (χ2v) is 20.5. The fourth-order valence-corrected chi connectivity index (χ4v) is 9.98. The number of rotatable bonds is 9. The number of methoxy groups -OCH3 is 1. The van der Waals surface area contributed by atoms with Crippen molar-refractivity contribution in [2.24, 2.45) is 23.2 Å². The van der Waals surface area contributed by atoms with Crippen molar-refractivity contribution in [3.8, 4) is 11.6 Å². The summed E-state index contributed by atoms with van der Waals surface area (Å²) in [6.45, 7) is 8.45. The zero-order valence-electron chi connectivity index (χ0n) is 34.5. The topological polar surface area (TPSA) is 195 Å². The molecule has 1 aromatic carbocycles. The standard InChI is InChI=1S/C41H56F2N6O9S/c1-7-25-30-21-49(32(25)34(50)47-41(20-23(41)18-31(42)43)37(52)48-59(54,55)40(5)15-16-40)36(51)33(39(2,3)4)46-38(53)58-29-17-22(29)11-9-8-10-12-27-35(57-30)45-28-19-24(56-6)13-14-26(28)44-27/h13-14,19,22-23,25,29-33H,7-12,15-18,20-21H2,1-6H3,(H,46,53)(H,47,50)(H,48,52)/t22?,23-,25-,29-,30+,32+,33-,41-/m1/s1. The van der Waals surface area contributed by atoms with Crippen molar-refractivity contribution < 1.29 is 50.6 Å². The molecular weight excluding hydrogens is 791 g/mol. The van der Waals surface area contributed by atoms with Gasteiger partial charge in [-0.15, -0.1) is 0 Å². The number of aromatic nitrogens is 2. The third kappa shape index (κ3) is 8.78. The van der Waals surface area contributed by atoms with E-state index in [1.54, 1.807) is 40.0 Å². The number of ether oxygens (including phenoxy) is 3. The molecule has 7 rings (SSSR count). The van der Waals surface area contributed by atoms with Crippen molar-refractivity contribution in [2.45, 2.75) is 146 Å². The van der Waals surface area contributed by atoms with Gasteiger partial charge in [-0.05, 0) is 87.7 Å². The number of alkyl carbamates (subject to hydrolysis) is 1. The van der Waals surface area contributed by atoms with Crippen LogP contribution in [-0.4, -0.2) is 102 Å². The van der Waals surface area contributed by atoms with Gasteiger partial charge in [-0.25, -0.2) is 32.0 Å². The van der Waals surface area contributed by atoms with Crippen molar-refractivity contribution in [1.82, 2.24) is 30.2 Å². The minimum atomic E-state index is -4.19. The van der Waals surface area contributed by atoms with Crippen LogP contribution in [0.1, 0.15) is 105 Å². The Kier molecular flexibility index (Phi) is 11.5. The maximum Gasteiger partial charge on any atom is 0.408 e. The number of benzene rings is 1. The number of alkyl halides is 2. The quantitative estimate of drug-likeness (QED) is 0.314. The maximum atomic E-state index is 14.9. The molecule has 324 valence electrons. The Morgan fingerprint density at radius 2 is 1.83 bits per heavy atom. The zero-order chi connectivity index (χ0) is 42.7. The summed E-state index contributed by atoms with van der Waals surface area (Å²) in [5.74, 6) is -3.36. The summed E-state index contributed by atoms with van der Waals surface area (Å²) in [6, 6.07) is 2.83. The fraction of sp³-hybridized carbons (Fsp3) is 0.707. The maximum absolute atomic E-state index is 14.9. The van der Waals surface area contributed by atoms with E-state index in [9.17, 15) is 36.4 Å². The number of amides is 4. The van der Waals surface area contributed by atoms with Gasteiger partial charge in [-0.3, -0.25) is 19.1 Å². The number of nitrogens with zero attached hydrogens (tertiary/aromatic N) is 3. The summed E-state index contributed by atoms with van der Waals surface area (Å²) in [5, 5.41) is 5.45. The molecule has 3 saturated carbocycles. The zero-order valence-corrected chi connectivity index (χ0v) is 35.3. The number of hydrogen-bond acceptors (Lipinski definition) is 11. The monoisotopic (exact) mass is 846 g/mol. The summed E-state index contributed by atoms with van der Waals surface area (Å²) in [5.41, 5.74) is -1.10. The highest BCUT2D eigenvalue weighted by Gasteiger charge is 2.65. The number of aryl methyl sites for hydroxylation is 1. The smallest absolute Gasteiger partial charge is 0.408 e. The molecule has 18 heteroatoms. The number of sulfonamides is 1. The Morgan fingerprint density at radius 1 is 1.08 bits per heavy atom. The van der Waals surface area contributed by atoms with Gasteiger partial charge in [0.05, 0.1) is 29.4 Å². The van der Waals surface area contributed by atoms with Crippen LogP contribution in [0.5, 0.6) is 11.6 Å². The predicted octanol–water partition coefficient (Wildman–Crippen LogP) is 4.80. The third-order valence-electron chi connectivity index (χ3n) is 12.9. The van der Waals surface area contributed by atoms with Crippen LogP contribution in [0.25, 0.3) is 11.0 Å². The highest BCUT2D eigenvalue weighted by Crippen LogP contribution is 2.49. The lowest BCUT2D eigenvalue weighted by Gasteiger charge is -2.36.